The van der Waals surface area contributed by atoms with Gasteiger partial charge in [-0.15, -0.1) is 0 Å². The molecule has 0 bridgehead atoms. The maximum absolute atomic E-state index is 14.2. The maximum atomic E-state index is 14.2. The lowest BCUT2D eigenvalue weighted by atomic mass is 9.77. The highest BCUT2D eigenvalue weighted by Crippen LogP contribution is 2.46. The highest BCUT2D eigenvalue weighted by molar-refractivity contribution is 6.01. The monoisotopic (exact) mass is 404 g/mol. The molecular weight excluding hydrogens is 383 g/mol. The number of rotatable bonds is 4. The molecule has 154 valence electrons. The van der Waals surface area contributed by atoms with Crippen LogP contribution < -0.4 is 9.47 Å². The van der Waals surface area contributed by atoms with E-state index < -0.39 is 28.9 Å². The van der Waals surface area contributed by atoms with Crippen molar-refractivity contribution in [3.05, 3.63) is 41.2 Å². The first-order valence-corrected chi connectivity index (χ1v) is 8.74. The van der Waals surface area contributed by atoms with Crippen LogP contribution in [0.15, 0.2) is 24.3 Å². The SMILES string of the molecule is COC(=O)C1(C(=O)OC)Cc2cc(O)c(F)cc2-c2cc(OC)c(OC)cc2C1. The summed E-state index contributed by atoms with van der Waals surface area (Å²) in [5.74, 6) is -2.21. The fourth-order valence-electron chi connectivity index (χ4n) is 3.80. The Bertz CT molecular complexity index is 967. The van der Waals surface area contributed by atoms with Crippen molar-refractivity contribution < 1.29 is 38.0 Å². The molecule has 29 heavy (non-hydrogen) atoms. The van der Waals surface area contributed by atoms with E-state index in [2.05, 4.69) is 0 Å². The molecule has 0 atom stereocenters. The number of fused-ring (bicyclic) bond motifs is 3. The minimum atomic E-state index is -1.71. The number of esters is 2. The number of aromatic hydroxyl groups is 1. The summed E-state index contributed by atoms with van der Waals surface area (Å²) in [6, 6.07) is 5.65. The average molecular weight is 404 g/mol. The number of halogens is 1. The number of carbonyl (C=O) groups is 2. The van der Waals surface area contributed by atoms with Gasteiger partial charge < -0.3 is 24.1 Å². The van der Waals surface area contributed by atoms with Gasteiger partial charge in [0.2, 0.25) is 0 Å². The fourth-order valence-corrected chi connectivity index (χ4v) is 3.80. The molecule has 7 nitrogen and oxygen atoms in total. The molecule has 0 spiro atoms. The second-order valence-corrected chi connectivity index (χ2v) is 6.74. The van der Waals surface area contributed by atoms with Crippen LogP contribution >= 0.6 is 0 Å². The Morgan fingerprint density at radius 3 is 1.86 bits per heavy atom. The Hall–Kier alpha value is -3.29. The lowest BCUT2D eigenvalue weighted by Crippen LogP contribution is -2.44. The third-order valence-corrected chi connectivity index (χ3v) is 5.21. The molecule has 1 aliphatic rings. The predicted octanol–water partition coefficient (Wildman–Crippen LogP) is 2.65. The van der Waals surface area contributed by atoms with Crippen molar-refractivity contribution in [2.24, 2.45) is 5.41 Å². The smallest absolute Gasteiger partial charge is 0.323 e. The highest BCUT2D eigenvalue weighted by Gasteiger charge is 2.50. The van der Waals surface area contributed by atoms with Gasteiger partial charge in [0.05, 0.1) is 28.4 Å². The summed E-state index contributed by atoms with van der Waals surface area (Å²) in [5.41, 5.74) is 0.193. The third-order valence-electron chi connectivity index (χ3n) is 5.21. The summed E-state index contributed by atoms with van der Waals surface area (Å²) in [6.45, 7) is 0. The van der Waals surface area contributed by atoms with Crippen molar-refractivity contribution in [1.82, 2.24) is 0 Å². The Morgan fingerprint density at radius 2 is 1.34 bits per heavy atom. The van der Waals surface area contributed by atoms with E-state index in [1.165, 1.54) is 40.6 Å². The van der Waals surface area contributed by atoms with Crippen LogP contribution in [0.5, 0.6) is 17.2 Å². The molecule has 0 saturated heterocycles. The second kappa shape index (κ2) is 7.62. The number of methoxy groups -OCH3 is 4. The van der Waals surface area contributed by atoms with Gasteiger partial charge in [-0.1, -0.05) is 0 Å². The summed E-state index contributed by atoms with van der Waals surface area (Å²) in [5, 5.41) is 9.91. The molecule has 0 aliphatic heterocycles. The van der Waals surface area contributed by atoms with E-state index in [4.69, 9.17) is 18.9 Å². The number of phenolic OH excluding ortho intramolecular Hbond substituents is 1. The van der Waals surface area contributed by atoms with Gasteiger partial charge >= 0.3 is 11.9 Å². The molecule has 8 heteroatoms. The van der Waals surface area contributed by atoms with Crippen molar-refractivity contribution in [3.63, 3.8) is 0 Å². The zero-order valence-corrected chi connectivity index (χ0v) is 16.5. The van der Waals surface area contributed by atoms with Gasteiger partial charge in [0.15, 0.2) is 28.5 Å². The van der Waals surface area contributed by atoms with Crippen LogP contribution in [-0.4, -0.2) is 45.5 Å². The van der Waals surface area contributed by atoms with Gasteiger partial charge in [-0.05, 0) is 46.5 Å². The maximum Gasteiger partial charge on any atom is 0.323 e. The Kier molecular flexibility index (Phi) is 5.37. The largest absolute Gasteiger partial charge is 0.505 e. The minimum absolute atomic E-state index is 0.0703. The zero-order chi connectivity index (χ0) is 21.3. The van der Waals surface area contributed by atoms with E-state index in [0.717, 1.165) is 0 Å². The van der Waals surface area contributed by atoms with Crippen molar-refractivity contribution in [1.29, 1.82) is 0 Å². The van der Waals surface area contributed by atoms with Crippen LogP contribution in [0.25, 0.3) is 11.1 Å². The van der Waals surface area contributed by atoms with Gasteiger partial charge in [-0.25, -0.2) is 4.39 Å². The van der Waals surface area contributed by atoms with Gasteiger partial charge in [0.1, 0.15) is 0 Å². The van der Waals surface area contributed by atoms with E-state index in [-0.39, 0.29) is 12.8 Å². The summed E-state index contributed by atoms with van der Waals surface area (Å²) < 4.78 is 34.8. The predicted molar refractivity (Wildman–Crippen MR) is 100 cm³/mol. The first-order chi connectivity index (χ1) is 13.8. The molecule has 0 amide bonds. The average Bonchev–Trinajstić information content (AvgIpc) is 2.86. The molecule has 0 unspecified atom stereocenters. The number of benzene rings is 2. The van der Waals surface area contributed by atoms with Gasteiger partial charge in [0.25, 0.3) is 0 Å². The molecule has 2 aromatic rings. The molecule has 0 radical (unpaired) electrons. The Morgan fingerprint density at radius 1 is 0.862 bits per heavy atom. The molecule has 1 aliphatic carbocycles. The first kappa shape index (κ1) is 20.4. The standard InChI is InChI=1S/C21H21FO7/c1-26-17-6-12-10-21(19(24)28-3,20(25)29-4)9-11-5-16(23)15(22)7-13(11)14(12)8-18(17)27-2/h5-8,23H,9-10H2,1-4H3. The normalized spacial score (nSPS) is 14.1. The van der Waals surface area contributed by atoms with Gasteiger partial charge in [0, 0.05) is 12.8 Å². The number of hydrogen-bond acceptors (Lipinski definition) is 7. The molecule has 3 rings (SSSR count). The summed E-state index contributed by atoms with van der Waals surface area (Å²) in [4.78, 5) is 25.6. The summed E-state index contributed by atoms with van der Waals surface area (Å²) in [6.07, 6.45) is -0.214. The highest BCUT2D eigenvalue weighted by atomic mass is 19.1. The molecule has 1 N–H and O–H groups in total. The van der Waals surface area contributed by atoms with Crippen molar-refractivity contribution in [2.45, 2.75) is 12.8 Å². The van der Waals surface area contributed by atoms with Crippen LogP contribution in [-0.2, 0) is 31.9 Å². The molecule has 0 aromatic heterocycles. The number of hydrogen-bond donors (Lipinski definition) is 1. The number of ether oxygens (including phenoxy) is 4. The molecule has 0 fully saturated rings. The Balaban J connectivity index is 2.39. The van der Waals surface area contributed by atoms with E-state index in [9.17, 15) is 19.1 Å². The van der Waals surface area contributed by atoms with E-state index >= 15 is 0 Å². The van der Waals surface area contributed by atoms with Crippen molar-refractivity contribution in [2.75, 3.05) is 28.4 Å². The molecule has 0 heterocycles. The second-order valence-electron chi connectivity index (χ2n) is 6.74. The van der Waals surface area contributed by atoms with Gasteiger partial charge in [-0.3, -0.25) is 9.59 Å². The van der Waals surface area contributed by atoms with Crippen LogP contribution in [0.2, 0.25) is 0 Å². The molecule has 2 aromatic carbocycles. The van der Waals surface area contributed by atoms with E-state index in [1.54, 1.807) is 12.1 Å². The van der Waals surface area contributed by atoms with Crippen LogP contribution in [0.3, 0.4) is 0 Å². The topological polar surface area (TPSA) is 91.3 Å². The van der Waals surface area contributed by atoms with Crippen LogP contribution in [0, 0.1) is 11.2 Å². The quantitative estimate of drug-likeness (QED) is 0.619. The van der Waals surface area contributed by atoms with Crippen LogP contribution in [0.4, 0.5) is 4.39 Å². The van der Waals surface area contributed by atoms with E-state index in [0.29, 0.717) is 33.8 Å². The van der Waals surface area contributed by atoms with Crippen molar-refractivity contribution >= 4 is 11.9 Å². The van der Waals surface area contributed by atoms with Crippen molar-refractivity contribution in [3.8, 4) is 28.4 Å². The lowest BCUT2D eigenvalue weighted by Gasteiger charge is -2.27. The lowest BCUT2D eigenvalue weighted by molar-refractivity contribution is -0.169. The van der Waals surface area contributed by atoms with E-state index in [1.807, 2.05) is 0 Å². The minimum Gasteiger partial charge on any atom is -0.505 e. The molecule has 0 saturated carbocycles. The number of carbonyl (C=O) groups excluding carboxylic acids is 2. The molecular formula is C21H21FO7. The van der Waals surface area contributed by atoms with Crippen LogP contribution in [0.1, 0.15) is 11.1 Å². The van der Waals surface area contributed by atoms with Gasteiger partial charge in [-0.2, -0.15) is 0 Å². The summed E-state index contributed by atoms with van der Waals surface area (Å²) in [7, 11) is 5.28. The summed E-state index contributed by atoms with van der Waals surface area (Å²) >= 11 is 0. The number of phenols is 1. The zero-order valence-electron chi connectivity index (χ0n) is 16.5. The Labute approximate surface area is 167 Å². The first-order valence-electron chi connectivity index (χ1n) is 8.74. The third kappa shape index (κ3) is 3.24. The fraction of sp³-hybridized carbons (Fsp3) is 0.333.